The molecule has 2 fully saturated rings. The van der Waals surface area contributed by atoms with Crippen molar-refractivity contribution in [2.75, 3.05) is 13.7 Å². The molecule has 1 aliphatic heterocycles. The zero-order valence-corrected chi connectivity index (χ0v) is 36.4. The van der Waals surface area contributed by atoms with Crippen molar-refractivity contribution in [3.05, 3.63) is 54.1 Å². The number of likely N-dealkylation sites (tertiary alicyclic amines) is 1. The van der Waals surface area contributed by atoms with Gasteiger partial charge in [-0.1, -0.05) is 57.0 Å². The highest BCUT2D eigenvalue weighted by atomic mass is 16.6. The summed E-state index contributed by atoms with van der Waals surface area (Å²) < 4.78 is 18.6. The number of ether oxygens (including phenoxy) is 3. The van der Waals surface area contributed by atoms with Gasteiger partial charge in [0.15, 0.2) is 0 Å². The number of carbonyl (C=O) groups is 6. The number of hydrogen-bond acceptors (Lipinski definition) is 10. The summed E-state index contributed by atoms with van der Waals surface area (Å²) in [6.45, 7) is 14.7. The maximum Gasteiger partial charge on any atom is 0.408 e. The Morgan fingerprint density at radius 3 is 2.10 bits per heavy atom. The van der Waals surface area contributed by atoms with E-state index in [4.69, 9.17) is 14.2 Å². The van der Waals surface area contributed by atoms with Gasteiger partial charge in [-0.05, 0) is 72.3 Å². The van der Waals surface area contributed by atoms with Gasteiger partial charge >= 0.3 is 12.1 Å². The fourth-order valence-electron chi connectivity index (χ4n) is 7.68. The maximum atomic E-state index is 14.6. The summed E-state index contributed by atoms with van der Waals surface area (Å²) in [6.07, 6.45) is 4.45. The summed E-state index contributed by atoms with van der Waals surface area (Å²) in [5.41, 5.74) is -1.32. The Kier molecular flexibility index (Phi) is 15.7. The summed E-state index contributed by atoms with van der Waals surface area (Å²) in [5, 5.41) is 11.5. The minimum atomic E-state index is -1.38. The molecule has 59 heavy (non-hydrogen) atoms. The average Bonchev–Trinajstić information content (AvgIpc) is 3.89. The SMILES string of the molecule is COC(=O)[C@@H](Cc1ccccc1)NC(=O)[C@H](CC(C)C)NC(=O)C1(NC(=O)[C@@H]2C[C@@H](OC(C)(C)C)CN2C(=O)[C@H](Cc2cncn2C)NC(=O)OC(C)(C)C)CCCC1. The number of alkyl carbamates (subject to hydrolysis) is 1. The second-order valence-corrected chi connectivity index (χ2v) is 18.2. The van der Waals surface area contributed by atoms with Crippen LogP contribution in [0.25, 0.3) is 0 Å². The van der Waals surface area contributed by atoms with Crippen LogP contribution in [-0.2, 0) is 58.1 Å². The van der Waals surface area contributed by atoms with E-state index in [-0.39, 0.29) is 38.1 Å². The van der Waals surface area contributed by atoms with Crippen molar-refractivity contribution < 1.29 is 43.0 Å². The molecule has 1 aliphatic carbocycles. The topological polar surface area (TPSA) is 199 Å². The van der Waals surface area contributed by atoms with Gasteiger partial charge in [-0.2, -0.15) is 0 Å². The number of amides is 5. The van der Waals surface area contributed by atoms with Crippen LogP contribution in [0.4, 0.5) is 4.79 Å². The highest BCUT2D eigenvalue weighted by molar-refractivity contribution is 5.98. The van der Waals surface area contributed by atoms with Crippen LogP contribution in [0.2, 0.25) is 0 Å². The predicted molar refractivity (Wildman–Crippen MR) is 220 cm³/mol. The van der Waals surface area contributed by atoms with Gasteiger partial charge in [0.2, 0.25) is 23.6 Å². The molecule has 326 valence electrons. The van der Waals surface area contributed by atoms with Crippen molar-refractivity contribution in [1.29, 1.82) is 0 Å². The van der Waals surface area contributed by atoms with E-state index in [1.807, 2.05) is 65.0 Å². The molecular formula is C43H65N7O9. The number of imidazole rings is 1. The molecule has 0 radical (unpaired) electrons. The Balaban J connectivity index is 1.59. The lowest BCUT2D eigenvalue weighted by atomic mass is 9.93. The lowest BCUT2D eigenvalue weighted by Gasteiger charge is -2.34. The van der Waals surface area contributed by atoms with E-state index in [1.54, 1.807) is 44.9 Å². The van der Waals surface area contributed by atoms with Crippen molar-refractivity contribution in [3.63, 3.8) is 0 Å². The first-order chi connectivity index (χ1) is 27.6. The molecule has 16 nitrogen and oxygen atoms in total. The second-order valence-electron chi connectivity index (χ2n) is 18.2. The molecule has 1 aromatic carbocycles. The van der Waals surface area contributed by atoms with Crippen LogP contribution in [0.3, 0.4) is 0 Å². The molecule has 16 heteroatoms. The third-order valence-electron chi connectivity index (χ3n) is 10.4. The zero-order chi connectivity index (χ0) is 43.7. The molecule has 2 heterocycles. The van der Waals surface area contributed by atoms with E-state index in [9.17, 15) is 28.8 Å². The van der Waals surface area contributed by atoms with Gasteiger partial charge in [-0.25, -0.2) is 14.6 Å². The van der Waals surface area contributed by atoms with Crippen LogP contribution in [0.15, 0.2) is 42.9 Å². The molecule has 4 N–H and O–H groups in total. The number of esters is 1. The van der Waals surface area contributed by atoms with Gasteiger partial charge in [0.05, 0.1) is 25.1 Å². The number of aromatic nitrogens is 2. The fraction of sp³-hybridized carbons (Fsp3) is 0.651. The van der Waals surface area contributed by atoms with E-state index < -0.39 is 82.7 Å². The van der Waals surface area contributed by atoms with Gasteiger partial charge < -0.3 is 44.9 Å². The molecule has 5 atom stereocenters. The van der Waals surface area contributed by atoms with Crippen LogP contribution in [0.1, 0.15) is 105 Å². The lowest BCUT2D eigenvalue weighted by Crippen LogP contribution is -2.64. The number of nitrogens with zero attached hydrogens (tertiary/aromatic N) is 3. The van der Waals surface area contributed by atoms with Crippen molar-refractivity contribution in [1.82, 2.24) is 35.7 Å². The van der Waals surface area contributed by atoms with Crippen molar-refractivity contribution in [3.8, 4) is 0 Å². The number of benzene rings is 1. The number of rotatable bonds is 16. The summed E-state index contributed by atoms with van der Waals surface area (Å²) in [6, 6.07) is 5.01. The molecule has 5 amide bonds. The first-order valence-corrected chi connectivity index (χ1v) is 20.6. The van der Waals surface area contributed by atoms with E-state index in [0.717, 1.165) is 5.56 Å². The first kappa shape index (κ1) is 46.7. The fourth-order valence-corrected chi connectivity index (χ4v) is 7.68. The monoisotopic (exact) mass is 823 g/mol. The summed E-state index contributed by atoms with van der Waals surface area (Å²) >= 11 is 0. The minimum absolute atomic E-state index is 0.0164. The minimum Gasteiger partial charge on any atom is -0.467 e. The first-order valence-electron chi connectivity index (χ1n) is 20.6. The lowest BCUT2D eigenvalue weighted by molar-refractivity contribution is -0.145. The molecule has 2 aliphatic rings. The Labute approximate surface area is 348 Å². The van der Waals surface area contributed by atoms with Gasteiger partial charge in [-0.15, -0.1) is 0 Å². The molecule has 0 spiro atoms. The van der Waals surface area contributed by atoms with Crippen LogP contribution in [0.5, 0.6) is 0 Å². The van der Waals surface area contributed by atoms with Crippen LogP contribution in [0, 0.1) is 5.92 Å². The molecule has 1 saturated heterocycles. The number of methoxy groups -OCH3 is 1. The molecule has 4 rings (SSSR count). The number of nitrogens with one attached hydrogen (secondary N) is 4. The molecule has 1 aromatic heterocycles. The highest BCUT2D eigenvalue weighted by Crippen LogP contribution is 2.33. The van der Waals surface area contributed by atoms with E-state index >= 15 is 0 Å². The van der Waals surface area contributed by atoms with Gasteiger partial charge in [0.25, 0.3) is 0 Å². The Morgan fingerprint density at radius 2 is 1.54 bits per heavy atom. The molecule has 2 aromatic rings. The van der Waals surface area contributed by atoms with E-state index in [0.29, 0.717) is 31.4 Å². The van der Waals surface area contributed by atoms with Crippen LogP contribution < -0.4 is 21.3 Å². The van der Waals surface area contributed by atoms with E-state index in [1.165, 1.54) is 12.0 Å². The summed E-state index contributed by atoms with van der Waals surface area (Å²) in [4.78, 5) is 88.9. The second kappa shape index (κ2) is 19.8. The van der Waals surface area contributed by atoms with Gasteiger partial charge in [0.1, 0.15) is 35.3 Å². The highest BCUT2D eigenvalue weighted by Gasteiger charge is 2.49. The Bertz CT molecular complexity index is 1780. The average molecular weight is 824 g/mol. The smallest absolute Gasteiger partial charge is 0.408 e. The third kappa shape index (κ3) is 13.5. The van der Waals surface area contributed by atoms with Crippen molar-refractivity contribution in [2.45, 2.75) is 154 Å². The Morgan fingerprint density at radius 1 is 0.881 bits per heavy atom. The molecule has 0 bridgehead atoms. The quantitative estimate of drug-likeness (QED) is 0.182. The predicted octanol–water partition coefficient (Wildman–Crippen LogP) is 3.50. The summed E-state index contributed by atoms with van der Waals surface area (Å²) in [5.74, 6) is -2.79. The molecular weight excluding hydrogens is 759 g/mol. The molecule has 0 unspecified atom stereocenters. The number of hydrogen-bond donors (Lipinski definition) is 4. The van der Waals surface area contributed by atoms with Crippen LogP contribution >= 0.6 is 0 Å². The van der Waals surface area contributed by atoms with Gasteiger partial charge in [-0.3, -0.25) is 19.2 Å². The number of carbonyl (C=O) groups excluding carboxylic acids is 6. The van der Waals surface area contributed by atoms with E-state index in [2.05, 4.69) is 26.3 Å². The third-order valence-corrected chi connectivity index (χ3v) is 10.4. The summed E-state index contributed by atoms with van der Waals surface area (Å²) in [7, 11) is 3.03. The Hall–Kier alpha value is -4.99. The normalized spacial score (nSPS) is 19.3. The van der Waals surface area contributed by atoms with Crippen molar-refractivity contribution >= 4 is 35.7 Å². The molecule has 1 saturated carbocycles. The number of aryl methyl sites for hydroxylation is 1. The van der Waals surface area contributed by atoms with Gasteiger partial charge in [0, 0.05) is 44.7 Å². The van der Waals surface area contributed by atoms with Crippen molar-refractivity contribution in [2.24, 2.45) is 13.0 Å². The largest absolute Gasteiger partial charge is 0.467 e. The zero-order valence-electron chi connectivity index (χ0n) is 36.4. The van der Waals surface area contributed by atoms with Crippen LogP contribution in [-0.4, -0.2) is 111 Å². The maximum absolute atomic E-state index is 14.6. The standard InChI is InChI=1S/C43H65N7O9/c1-27(2)20-31(35(51)45-33(38(54)57-10)21-28-16-12-11-13-17-28)46-39(55)43(18-14-15-19-43)48-36(52)34-23-30(58-41(3,4)5)25-50(34)37(53)32(22-29-24-44-26-49(29)9)47-40(56)59-42(6,7)8/h11-13,16-17,24,26-27,30-34H,14-15,18-23,25H2,1-10H3,(H,45,51)(H,46,55)(H,47,56)(H,48,52)/t30-,31+,32+,33-,34+/m1/s1.